The first-order valence-corrected chi connectivity index (χ1v) is 9.66. The Morgan fingerprint density at radius 1 is 1.38 bits per heavy atom. The number of thiocarbonyl (C=S) groups is 1. The average molecular weight is 459 g/mol. The van der Waals surface area contributed by atoms with E-state index in [2.05, 4.69) is 44.4 Å². The van der Waals surface area contributed by atoms with Crippen LogP contribution in [0.2, 0.25) is 0 Å². The minimum atomic E-state index is 0.577. The van der Waals surface area contributed by atoms with Gasteiger partial charge in [-0.05, 0) is 53.6 Å². The predicted molar refractivity (Wildman–Crippen MR) is 108 cm³/mol. The lowest BCUT2D eigenvalue weighted by Gasteiger charge is -2.12. The van der Waals surface area contributed by atoms with Gasteiger partial charge in [-0.15, -0.1) is 0 Å². The van der Waals surface area contributed by atoms with Crippen LogP contribution in [0, 0.1) is 6.92 Å². The number of ether oxygens (including phenoxy) is 2. The molecule has 5 nitrogen and oxygen atoms in total. The fourth-order valence-corrected chi connectivity index (χ4v) is 2.95. The van der Waals surface area contributed by atoms with Gasteiger partial charge in [0.15, 0.2) is 11.5 Å². The second-order valence-corrected chi connectivity index (χ2v) is 6.46. The lowest BCUT2D eigenvalue weighted by Crippen LogP contribution is -2.25. The first kappa shape index (κ1) is 19.0. The van der Waals surface area contributed by atoms with Crippen LogP contribution in [0.25, 0.3) is 0 Å². The minimum absolute atomic E-state index is 0.577. The second kappa shape index (κ2) is 9.83. The number of nitrogens with zero attached hydrogens (tertiary/aromatic N) is 2. The molecule has 0 radical (unpaired) electrons. The van der Waals surface area contributed by atoms with Gasteiger partial charge in [0.05, 0.1) is 18.4 Å². The van der Waals surface area contributed by atoms with Crippen LogP contribution in [0.4, 0.5) is 0 Å². The third-order valence-electron chi connectivity index (χ3n) is 3.62. The number of hydrogen-bond acceptors (Lipinski definition) is 4. The van der Waals surface area contributed by atoms with E-state index in [1.807, 2.05) is 30.7 Å². The lowest BCUT2D eigenvalue weighted by molar-refractivity contribution is 0.349. The van der Waals surface area contributed by atoms with Gasteiger partial charge in [0, 0.05) is 31.4 Å². The van der Waals surface area contributed by atoms with Crippen LogP contribution in [-0.4, -0.2) is 32.8 Å². The summed E-state index contributed by atoms with van der Waals surface area (Å²) in [5.74, 6) is 1.49. The number of rotatable bonds is 9. The summed E-state index contributed by atoms with van der Waals surface area (Å²) in [5, 5.41) is 3.32. The van der Waals surface area contributed by atoms with Gasteiger partial charge in [0.25, 0.3) is 0 Å². The molecule has 0 fully saturated rings. The fourth-order valence-electron chi connectivity index (χ4n) is 2.35. The maximum absolute atomic E-state index is 5.59. The van der Waals surface area contributed by atoms with E-state index in [4.69, 9.17) is 21.7 Å². The summed E-state index contributed by atoms with van der Waals surface area (Å²) in [6.07, 6.45) is 5.43. The molecule has 0 aliphatic carbocycles. The van der Waals surface area contributed by atoms with E-state index in [1.165, 1.54) is 5.69 Å². The molecule has 24 heavy (non-hydrogen) atoms. The molecule has 0 aliphatic rings. The van der Waals surface area contributed by atoms with Gasteiger partial charge in [0.1, 0.15) is 4.61 Å². The van der Waals surface area contributed by atoms with Crippen molar-refractivity contribution in [2.45, 2.75) is 26.3 Å². The summed E-state index contributed by atoms with van der Waals surface area (Å²) in [5.41, 5.74) is 2.29. The van der Waals surface area contributed by atoms with Gasteiger partial charge in [-0.1, -0.05) is 18.3 Å². The lowest BCUT2D eigenvalue weighted by atomic mass is 10.1. The molecular formula is C17H22IN3O2S. The highest BCUT2D eigenvalue weighted by Crippen LogP contribution is 2.28. The van der Waals surface area contributed by atoms with Crippen molar-refractivity contribution < 1.29 is 9.47 Å². The van der Waals surface area contributed by atoms with E-state index < -0.39 is 0 Å². The number of nitrogens with one attached hydrogen (secondary N) is 1. The van der Waals surface area contributed by atoms with Crippen LogP contribution >= 0.6 is 34.8 Å². The van der Waals surface area contributed by atoms with Crippen molar-refractivity contribution in [2.75, 3.05) is 18.3 Å². The molecule has 0 unspecified atom stereocenters. The van der Waals surface area contributed by atoms with Gasteiger partial charge in [0.2, 0.25) is 0 Å². The van der Waals surface area contributed by atoms with Crippen LogP contribution in [0.5, 0.6) is 11.5 Å². The number of methoxy groups -OCH3 is 1. The molecule has 0 atom stereocenters. The molecule has 2 rings (SSSR count). The molecule has 2 aromatic rings. The molecule has 0 bridgehead atoms. The Morgan fingerprint density at radius 3 is 2.88 bits per heavy atom. The maximum atomic E-state index is 5.59. The summed E-state index contributed by atoms with van der Waals surface area (Å²) in [6, 6.07) is 5.92. The summed E-state index contributed by atoms with van der Waals surface area (Å²) >= 11 is 7.61. The monoisotopic (exact) mass is 459 g/mol. The van der Waals surface area contributed by atoms with E-state index in [9.17, 15) is 0 Å². The van der Waals surface area contributed by atoms with Gasteiger partial charge in [-0.25, -0.2) is 4.98 Å². The number of aryl methyl sites for hydroxylation is 2. The Morgan fingerprint density at radius 2 is 2.21 bits per heavy atom. The van der Waals surface area contributed by atoms with Crippen molar-refractivity contribution in [3.05, 3.63) is 42.0 Å². The zero-order chi connectivity index (χ0) is 17.4. The number of alkyl halides is 1. The van der Waals surface area contributed by atoms with E-state index in [1.54, 1.807) is 7.11 Å². The highest BCUT2D eigenvalue weighted by Gasteiger charge is 2.07. The fraction of sp³-hybridized carbons (Fsp3) is 0.412. The summed E-state index contributed by atoms with van der Waals surface area (Å²) in [4.78, 5) is 4.96. The van der Waals surface area contributed by atoms with Gasteiger partial charge in [-0.3, -0.25) is 0 Å². The maximum Gasteiger partial charge on any atom is 0.162 e. The number of halogens is 1. The molecule has 0 aliphatic heterocycles. The first-order chi connectivity index (χ1) is 11.6. The Kier molecular flexibility index (Phi) is 7.77. The first-order valence-electron chi connectivity index (χ1n) is 7.73. The SMILES string of the molecule is COc1ccc(CC(=S)NCCCn2cncc2C)cc1OCI. The number of hydrogen-bond donors (Lipinski definition) is 1. The van der Waals surface area contributed by atoms with Crippen LogP contribution in [0.15, 0.2) is 30.7 Å². The molecule has 0 amide bonds. The highest BCUT2D eigenvalue weighted by atomic mass is 127. The highest BCUT2D eigenvalue weighted by molar-refractivity contribution is 14.1. The van der Waals surface area contributed by atoms with Gasteiger partial charge >= 0.3 is 0 Å². The molecule has 0 saturated heterocycles. The topological polar surface area (TPSA) is 48.3 Å². The molecule has 1 aromatic carbocycles. The average Bonchev–Trinajstić information content (AvgIpc) is 2.97. The van der Waals surface area contributed by atoms with E-state index in [-0.39, 0.29) is 0 Å². The van der Waals surface area contributed by atoms with Crippen molar-refractivity contribution in [3.63, 3.8) is 0 Å². The van der Waals surface area contributed by atoms with Gasteiger partial charge < -0.3 is 19.4 Å². The van der Waals surface area contributed by atoms with Gasteiger partial charge in [-0.2, -0.15) is 0 Å². The standard InChI is InChI=1S/C17H22IN3O2S/c1-13-10-19-12-21(13)7-3-6-20-17(24)9-14-4-5-15(22-2)16(8-14)23-11-18/h4-5,8,10,12H,3,6-7,9,11H2,1-2H3,(H,20,24). The molecule has 0 saturated carbocycles. The summed E-state index contributed by atoms with van der Waals surface area (Å²) < 4.78 is 13.6. The quantitative estimate of drug-likeness (QED) is 0.269. The molecule has 130 valence electrons. The Bertz CT molecular complexity index is 676. The molecule has 1 heterocycles. The molecule has 7 heteroatoms. The largest absolute Gasteiger partial charge is 0.493 e. The number of aromatic nitrogens is 2. The van der Waals surface area contributed by atoms with Crippen molar-refractivity contribution in [2.24, 2.45) is 0 Å². The zero-order valence-corrected chi connectivity index (χ0v) is 16.9. The van der Waals surface area contributed by atoms with Crippen LogP contribution in [0.1, 0.15) is 17.7 Å². The Hall–Kier alpha value is -1.35. The Balaban J connectivity index is 1.79. The van der Waals surface area contributed by atoms with E-state index >= 15 is 0 Å². The van der Waals surface area contributed by atoms with Crippen LogP contribution in [-0.2, 0) is 13.0 Å². The third kappa shape index (κ3) is 5.62. The summed E-state index contributed by atoms with van der Waals surface area (Å²) in [6.45, 7) is 3.85. The zero-order valence-electron chi connectivity index (χ0n) is 13.9. The van der Waals surface area contributed by atoms with E-state index in [0.717, 1.165) is 41.6 Å². The molecular weight excluding hydrogens is 437 g/mol. The minimum Gasteiger partial charge on any atom is -0.493 e. The third-order valence-corrected chi connectivity index (χ3v) is 4.22. The normalized spacial score (nSPS) is 10.5. The number of benzene rings is 1. The van der Waals surface area contributed by atoms with Crippen molar-refractivity contribution >= 4 is 39.8 Å². The smallest absolute Gasteiger partial charge is 0.162 e. The van der Waals surface area contributed by atoms with Crippen molar-refractivity contribution in [3.8, 4) is 11.5 Å². The second-order valence-electron chi connectivity index (χ2n) is 5.35. The molecule has 1 aromatic heterocycles. The van der Waals surface area contributed by atoms with Crippen LogP contribution < -0.4 is 14.8 Å². The Labute approximate surface area is 161 Å². The van der Waals surface area contributed by atoms with Crippen molar-refractivity contribution in [1.82, 2.24) is 14.9 Å². The summed E-state index contributed by atoms with van der Waals surface area (Å²) in [7, 11) is 1.64. The predicted octanol–water partition coefficient (Wildman–Crippen LogP) is 3.52. The van der Waals surface area contributed by atoms with E-state index in [0.29, 0.717) is 11.0 Å². The van der Waals surface area contributed by atoms with Crippen molar-refractivity contribution in [1.29, 1.82) is 0 Å². The number of imidazole rings is 1. The molecule has 1 N–H and O–H groups in total. The van der Waals surface area contributed by atoms with Crippen LogP contribution in [0.3, 0.4) is 0 Å². The molecule has 0 spiro atoms.